The maximum absolute atomic E-state index is 13.9. The molecule has 1 aliphatic rings. The van der Waals surface area contributed by atoms with E-state index in [0.29, 0.717) is 28.3 Å². The molecule has 4 rings (SSSR count). The first kappa shape index (κ1) is 26.5. The monoisotopic (exact) mass is 514 g/mol. The number of aliphatic hydroxyl groups excluding tert-OH is 1. The molecule has 10 nitrogen and oxygen atoms in total. The minimum atomic E-state index is -1.35. The molecule has 0 radical (unpaired) electrons. The Morgan fingerprint density at radius 1 is 1.03 bits per heavy atom. The van der Waals surface area contributed by atoms with Gasteiger partial charge >= 0.3 is 6.03 Å². The van der Waals surface area contributed by atoms with Crippen molar-refractivity contribution in [3.8, 4) is 0 Å². The third-order valence-electron chi connectivity index (χ3n) is 6.24. The Morgan fingerprint density at radius 3 is 2.47 bits per heavy atom. The molecule has 0 bridgehead atoms. The average Bonchev–Trinajstić information content (AvgIpc) is 3.04. The summed E-state index contributed by atoms with van der Waals surface area (Å²) in [5.41, 5.74) is 2.19. The number of aliphatic imine (C=N–C) groups is 1. The number of aromatic nitrogens is 1. The molecule has 196 valence electrons. The summed E-state index contributed by atoms with van der Waals surface area (Å²) in [6, 6.07) is 18.8. The highest BCUT2D eigenvalue weighted by atomic mass is 16.3. The number of carbonyl (C=O) groups is 3. The number of rotatable bonds is 8. The van der Waals surface area contributed by atoms with E-state index in [-0.39, 0.29) is 18.9 Å². The number of benzodiazepines with no additional fused rings is 1. The van der Waals surface area contributed by atoms with Crippen LogP contribution in [0.15, 0.2) is 77.9 Å². The maximum Gasteiger partial charge on any atom is 0.321 e. The minimum absolute atomic E-state index is 0.307. The van der Waals surface area contributed by atoms with Gasteiger partial charge in [-0.3, -0.25) is 14.6 Å². The fourth-order valence-electron chi connectivity index (χ4n) is 3.88. The lowest BCUT2D eigenvalue weighted by Crippen LogP contribution is -2.51. The number of hydrogen-bond donors (Lipinski definition) is 4. The number of pyridine rings is 1. The summed E-state index contributed by atoms with van der Waals surface area (Å²) in [4.78, 5) is 50.3. The first-order valence-electron chi connectivity index (χ1n) is 12.1. The van der Waals surface area contributed by atoms with Gasteiger partial charge in [-0.1, -0.05) is 44.2 Å². The van der Waals surface area contributed by atoms with Crippen LogP contribution in [0, 0.1) is 5.41 Å². The van der Waals surface area contributed by atoms with Crippen molar-refractivity contribution in [2.45, 2.75) is 20.0 Å². The van der Waals surface area contributed by atoms with E-state index in [1.807, 2.05) is 6.07 Å². The molecule has 1 aliphatic heterocycles. The van der Waals surface area contributed by atoms with Crippen molar-refractivity contribution in [2.75, 3.05) is 35.7 Å². The summed E-state index contributed by atoms with van der Waals surface area (Å²) in [5.74, 6) is -0.930. The number of hydrogen-bond acceptors (Lipinski definition) is 7. The molecule has 3 aromatic rings. The predicted molar refractivity (Wildman–Crippen MR) is 146 cm³/mol. The Hall–Kier alpha value is -4.57. The molecule has 1 atom stereocenters. The zero-order chi connectivity index (χ0) is 27.3. The van der Waals surface area contributed by atoms with Crippen LogP contribution in [-0.4, -0.2) is 59.9 Å². The van der Waals surface area contributed by atoms with Crippen LogP contribution in [-0.2, 0) is 9.59 Å². The number of urea groups is 1. The number of fused-ring (bicyclic) bond motifs is 1. The molecule has 0 saturated carbocycles. The molecule has 0 aliphatic carbocycles. The highest BCUT2D eigenvalue weighted by Crippen LogP contribution is 2.29. The lowest BCUT2D eigenvalue weighted by atomic mass is 9.88. The predicted octanol–water partition coefficient (Wildman–Crippen LogP) is 3.04. The number of carbonyl (C=O) groups excluding carboxylic acids is 3. The second-order valence-electron chi connectivity index (χ2n) is 9.43. The third-order valence-corrected chi connectivity index (χ3v) is 6.24. The minimum Gasteiger partial charge on any atom is -0.395 e. The highest BCUT2D eigenvalue weighted by Gasteiger charge is 2.37. The van der Waals surface area contributed by atoms with Crippen LogP contribution in [0.25, 0.3) is 0 Å². The van der Waals surface area contributed by atoms with Gasteiger partial charge in [0.25, 0.3) is 5.91 Å². The first-order chi connectivity index (χ1) is 18.2. The molecule has 0 saturated heterocycles. The van der Waals surface area contributed by atoms with Crippen LogP contribution in [0.2, 0.25) is 0 Å². The fourth-order valence-corrected chi connectivity index (χ4v) is 3.88. The van der Waals surface area contributed by atoms with Crippen molar-refractivity contribution >= 4 is 40.5 Å². The molecule has 2 aromatic carbocycles. The van der Waals surface area contributed by atoms with E-state index in [1.54, 1.807) is 87.8 Å². The quantitative estimate of drug-likeness (QED) is 0.365. The number of nitrogens with one attached hydrogen (secondary N) is 3. The van der Waals surface area contributed by atoms with Crippen LogP contribution < -0.4 is 20.9 Å². The molecule has 10 heteroatoms. The molecule has 4 N–H and O–H groups in total. The number of ketones is 1. The van der Waals surface area contributed by atoms with E-state index < -0.39 is 23.5 Å². The van der Waals surface area contributed by atoms with Crippen LogP contribution in [0.5, 0.6) is 0 Å². The van der Waals surface area contributed by atoms with Gasteiger partial charge in [0.05, 0.1) is 30.2 Å². The van der Waals surface area contributed by atoms with Gasteiger partial charge in [-0.2, -0.15) is 0 Å². The van der Waals surface area contributed by atoms with Gasteiger partial charge in [0, 0.05) is 35.6 Å². The van der Waals surface area contributed by atoms with Crippen molar-refractivity contribution in [1.82, 2.24) is 10.3 Å². The molecule has 0 spiro atoms. The normalized spacial score (nSPS) is 15.2. The van der Waals surface area contributed by atoms with Crippen LogP contribution in [0.3, 0.4) is 0 Å². The Morgan fingerprint density at radius 2 is 1.76 bits per heavy atom. The summed E-state index contributed by atoms with van der Waals surface area (Å²) in [5, 5.41) is 18.1. The molecule has 0 fully saturated rings. The number of aliphatic hydroxyl groups is 1. The Kier molecular flexibility index (Phi) is 7.82. The van der Waals surface area contributed by atoms with Gasteiger partial charge < -0.3 is 26.0 Å². The second kappa shape index (κ2) is 11.2. The van der Waals surface area contributed by atoms with Gasteiger partial charge in [0.1, 0.15) is 0 Å². The average molecular weight is 515 g/mol. The van der Waals surface area contributed by atoms with Gasteiger partial charge in [-0.05, 0) is 36.4 Å². The fraction of sp³-hybridized carbons (Fsp3) is 0.250. The Bertz CT molecular complexity index is 1370. The summed E-state index contributed by atoms with van der Waals surface area (Å²) in [7, 11) is 1.77. The molecular weight excluding hydrogens is 484 g/mol. The van der Waals surface area contributed by atoms with Crippen molar-refractivity contribution in [1.29, 1.82) is 0 Å². The van der Waals surface area contributed by atoms with Crippen molar-refractivity contribution in [3.05, 3.63) is 84.2 Å². The second-order valence-corrected chi connectivity index (χ2v) is 9.43. The summed E-state index contributed by atoms with van der Waals surface area (Å²) < 4.78 is 0. The van der Waals surface area contributed by atoms with E-state index in [9.17, 15) is 19.5 Å². The van der Waals surface area contributed by atoms with Crippen LogP contribution in [0.4, 0.5) is 21.9 Å². The number of nitrogens with zero attached hydrogens (tertiary/aromatic N) is 3. The topological polar surface area (TPSA) is 136 Å². The van der Waals surface area contributed by atoms with Crippen molar-refractivity contribution < 1.29 is 19.5 Å². The van der Waals surface area contributed by atoms with E-state index in [1.165, 1.54) is 4.90 Å². The van der Waals surface area contributed by atoms with E-state index >= 15 is 0 Å². The lowest BCUT2D eigenvalue weighted by molar-refractivity contribution is -0.129. The zero-order valence-corrected chi connectivity index (χ0v) is 21.4. The summed E-state index contributed by atoms with van der Waals surface area (Å²) in [6.07, 6.45) is 0.263. The van der Waals surface area contributed by atoms with Gasteiger partial charge in [-0.15, -0.1) is 0 Å². The summed E-state index contributed by atoms with van der Waals surface area (Å²) in [6.45, 7) is 2.54. The molecular formula is C28H30N6O4. The van der Waals surface area contributed by atoms with Crippen LogP contribution in [0.1, 0.15) is 25.1 Å². The summed E-state index contributed by atoms with van der Waals surface area (Å²) >= 11 is 0. The van der Waals surface area contributed by atoms with E-state index in [0.717, 1.165) is 5.69 Å². The maximum atomic E-state index is 13.9. The van der Waals surface area contributed by atoms with Crippen LogP contribution >= 0.6 is 0 Å². The number of anilines is 3. The lowest BCUT2D eigenvalue weighted by Gasteiger charge is -2.28. The molecule has 3 amide bonds. The highest BCUT2D eigenvalue weighted by molar-refractivity contribution is 6.20. The number of Topliss-reactive ketones (excluding diaryl/α,β-unsaturated/α-hetero) is 1. The third kappa shape index (κ3) is 5.70. The Labute approximate surface area is 220 Å². The standard InChI is InChI=1S/C28H30N6O4/c1-28(2,17-35)23(36)16-34-22-13-5-4-11-20(22)24(21-12-6-7-14-30-21)32-25(26(34)37)33-27(38)31-19-10-8-9-18(15-19)29-3/h4-15,25,29,35H,16-17H2,1-3H3,(H2,31,33,38)/t25-/m0/s1. The molecule has 1 aromatic heterocycles. The molecule has 0 unspecified atom stereocenters. The van der Waals surface area contributed by atoms with Crippen molar-refractivity contribution in [3.63, 3.8) is 0 Å². The smallest absolute Gasteiger partial charge is 0.321 e. The number of para-hydroxylation sites is 1. The number of benzene rings is 2. The van der Waals surface area contributed by atoms with Gasteiger partial charge in [0.2, 0.25) is 6.17 Å². The largest absolute Gasteiger partial charge is 0.395 e. The molecule has 2 heterocycles. The van der Waals surface area contributed by atoms with Crippen molar-refractivity contribution in [2.24, 2.45) is 10.4 Å². The first-order valence-corrected chi connectivity index (χ1v) is 12.1. The Balaban J connectivity index is 1.74. The number of amides is 3. The molecule has 38 heavy (non-hydrogen) atoms. The SMILES string of the molecule is CNc1cccc(NC(=O)N[C@@H]2N=C(c3ccccn3)c3ccccc3N(CC(=O)C(C)(C)CO)C2=O)c1. The zero-order valence-electron chi connectivity index (χ0n) is 21.4. The van der Waals surface area contributed by atoms with E-state index in [2.05, 4.69) is 25.9 Å². The van der Waals surface area contributed by atoms with Gasteiger partial charge in [0.15, 0.2) is 5.78 Å². The van der Waals surface area contributed by atoms with Gasteiger partial charge in [-0.25, -0.2) is 9.79 Å². The van der Waals surface area contributed by atoms with E-state index in [4.69, 9.17) is 0 Å².